The summed E-state index contributed by atoms with van der Waals surface area (Å²) in [6, 6.07) is 1.58. The fraction of sp³-hybridized carbons (Fsp3) is 0.688. The van der Waals surface area contributed by atoms with Crippen molar-refractivity contribution in [3.8, 4) is 0 Å². The Labute approximate surface area is 143 Å². The molecule has 2 unspecified atom stereocenters. The highest BCUT2D eigenvalue weighted by molar-refractivity contribution is 7.91. The molecule has 0 spiro atoms. The minimum absolute atomic E-state index is 0.0363. The Morgan fingerprint density at radius 3 is 2.67 bits per heavy atom. The molecule has 0 aliphatic carbocycles. The van der Waals surface area contributed by atoms with Gasteiger partial charge in [0.2, 0.25) is 5.95 Å². The maximum atomic E-state index is 12.8. The maximum absolute atomic E-state index is 12.8. The van der Waals surface area contributed by atoms with E-state index in [1.165, 1.54) is 0 Å². The molecule has 2 heterocycles. The Balaban J connectivity index is 2.24. The number of nitrogens with zero attached hydrogens (tertiary/aromatic N) is 3. The van der Waals surface area contributed by atoms with Crippen molar-refractivity contribution < 1.29 is 13.2 Å². The zero-order valence-electron chi connectivity index (χ0n) is 14.7. The molecule has 24 heavy (non-hydrogen) atoms. The first-order chi connectivity index (χ1) is 11.3. The topological polar surface area (TPSA) is 92.3 Å². The molecule has 0 aromatic carbocycles. The summed E-state index contributed by atoms with van der Waals surface area (Å²) in [5.74, 6) is 0.375. The number of aromatic nitrogens is 2. The molecule has 1 aliphatic heterocycles. The lowest BCUT2D eigenvalue weighted by Gasteiger charge is -2.26. The van der Waals surface area contributed by atoms with Gasteiger partial charge in [0.05, 0.1) is 11.5 Å². The minimum atomic E-state index is -3.04. The molecule has 1 saturated heterocycles. The molecule has 1 fully saturated rings. The average Bonchev–Trinajstić information content (AvgIpc) is 2.87. The molecule has 2 rings (SSSR count). The summed E-state index contributed by atoms with van der Waals surface area (Å²) >= 11 is 0. The molecule has 0 saturated carbocycles. The first-order valence-corrected chi connectivity index (χ1v) is 10.2. The van der Waals surface area contributed by atoms with E-state index in [-0.39, 0.29) is 29.5 Å². The Bertz CT molecular complexity index is 705. The van der Waals surface area contributed by atoms with Crippen molar-refractivity contribution in [1.29, 1.82) is 0 Å². The van der Waals surface area contributed by atoms with Gasteiger partial charge in [-0.1, -0.05) is 6.92 Å². The van der Waals surface area contributed by atoms with E-state index in [1.54, 1.807) is 11.0 Å². The second kappa shape index (κ2) is 7.46. The van der Waals surface area contributed by atoms with E-state index in [2.05, 4.69) is 22.2 Å². The van der Waals surface area contributed by atoms with Crippen molar-refractivity contribution in [2.75, 3.05) is 23.4 Å². The van der Waals surface area contributed by atoms with Crippen LogP contribution in [0.15, 0.2) is 6.07 Å². The zero-order chi connectivity index (χ0) is 17.9. The van der Waals surface area contributed by atoms with E-state index < -0.39 is 9.84 Å². The van der Waals surface area contributed by atoms with Crippen molar-refractivity contribution >= 4 is 21.7 Å². The highest BCUT2D eigenvalue weighted by Gasteiger charge is 2.34. The Kier molecular flexibility index (Phi) is 5.79. The maximum Gasteiger partial charge on any atom is 0.272 e. The number of amides is 1. The molecular weight excluding hydrogens is 328 g/mol. The Hall–Kier alpha value is -1.70. The Morgan fingerprint density at radius 2 is 2.12 bits per heavy atom. The van der Waals surface area contributed by atoms with Gasteiger partial charge in [-0.2, -0.15) is 0 Å². The molecule has 1 aromatic heterocycles. The molecule has 1 amide bonds. The van der Waals surface area contributed by atoms with Crippen LogP contribution in [-0.4, -0.2) is 59.3 Å². The van der Waals surface area contributed by atoms with Gasteiger partial charge in [-0.3, -0.25) is 4.79 Å². The summed E-state index contributed by atoms with van der Waals surface area (Å²) < 4.78 is 23.4. The molecule has 0 bridgehead atoms. The van der Waals surface area contributed by atoms with Crippen LogP contribution in [0.4, 0.5) is 5.95 Å². The Morgan fingerprint density at radius 1 is 1.42 bits per heavy atom. The van der Waals surface area contributed by atoms with Crippen LogP contribution in [0, 0.1) is 6.92 Å². The molecule has 7 nitrogen and oxygen atoms in total. The number of carbonyl (C=O) groups excluding carboxylic acids is 1. The molecule has 1 N–H and O–H groups in total. The van der Waals surface area contributed by atoms with E-state index in [4.69, 9.17) is 0 Å². The standard InChI is InChI=1S/C16H26N4O3S/c1-5-11(3)17-16-18-12(4)9-14(19-16)15(21)20(6-2)13-7-8-24(22,23)10-13/h9,11,13H,5-8,10H2,1-4H3,(H,17,18,19). The fourth-order valence-electron chi connectivity index (χ4n) is 2.80. The second-order valence-electron chi connectivity index (χ2n) is 6.32. The van der Waals surface area contributed by atoms with Crippen LogP contribution in [0.25, 0.3) is 0 Å². The summed E-state index contributed by atoms with van der Waals surface area (Å²) in [6.07, 6.45) is 1.41. The van der Waals surface area contributed by atoms with Crippen molar-refractivity contribution in [1.82, 2.24) is 14.9 Å². The van der Waals surface area contributed by atoms with Crippen molar-refractivity contribution in [2.24, 2.45) is 0 Å². The highest BCUT2D eigenvalue weighted by atomic mass is 32.2. The molecule has 0 radical (unpaired) electrons. The number of aryl methyl sites for hydroxylation is 1. The number of carbonyl (C=O) groups is 1. The molecule has 134 valence electrons. The lowest BCUT2D eigenvalue weighted by atomic mass is 10.2. The van der Waals surface area contributed by atoms with Crippen LogP contribution < -0.4 is 5.32 Å². The van der Waals surface area contributed by atoms with Crippen LogP contribution in [0.3, 0.4) is 0 Å². The van der Waals surface area contributed by atoms with Gasteiger partial charge in [0.15, 0.2) is 9.84 Å². The number of sulfone groups is 1. The summed E-state index contributed by atoms with van der Waals surface area (Å²) in [5.41, 5.74) is 1.01. The van der Waals surface area contributed by atoms with Gasteiger partial charge in [-0.15, -0.1) is 0 Å². The quantitative estimate of drug-likeness (QED) is 0.835. The van der Waals surface area contributed by atoms with E-state index in [9.17, 15) is 13.2 Å². The summed E-state index contributed by atoms with van der Waals surface area (Å²) in [4.78, 5) is 23.1. The van der Waals surface area contributed by atoms with Gasteiger partial charge in [-0.05, 0) is 39.7 Å². The van der Waals surface area contributed by atoms with Crippen LogP contribution >= 0.6 is 0 Å². The first kappa shape index (κ1) is 18.6. The SMILES string of the molecule is CCC(C)Nc1nc(C)cc(C(=O)N(CC)C2CCS(=O)(=O)C2)n1. The minimum Gasteiger partial charge on any atom is -0.352 e. The first-order valence-electron chi connectivity index (χ1n) is 8.39. The third-order valence-corrected chi connectivity index (χ3v) is 6.06. The summed E-state index contributed by atoms with van der Waals surface area (Å²) in [7, 11) is -3.04. The van der Waals surface area contributed by atoms with Gasteiger partial charge in [-0.25, -0.2) is 18.4 Å². The van der Waals surface area contributed by atoms with E-state index >= 15 is 0 Å². The molecule has 8 heteroatoms. The highest BCUT2D eigenvalue weighted by Crippen LogP contribution is 2.20. The van der Waals surface area contributed by atoms with Gasteiger partial charge in [0.25, 0.3) is 5.91 Å². The zero-order valence-corrected chi connectivity index (χ0v) is 15.6. The smallest absolute Gasteiger partial charge is 0.272 e. The third-order valence-electron chi connectivity index (χ3n) is 4.31. The van der Waals surface area contributed by atoms with Crippen molar-refractivity contribution in [3.63, 3.8) is 0 Å². The van der Waals surface area contributed by atoms with E-state index in [1.807, 2.05) is 20.8 Å². The number of nitrogens with one attached hydrogen (secondary N) is 1. The van der Waals surface area contributed by atoms with Gasteiger partial charge in [0.1, 0.15) is 5.69 Å². The van der Waals surface area contributed by atoms with E-state index in [0.29, 0.717) is 30.3 Å². The van der Waals surface area contributed by atoms with Crippen LogP contribution in [0.2, 0.25) is 0 Å². The van der Waals surface area contributed by atoms with Crippen molar-refractivity contribution in [3.05, 3.63) is 17.5 Å². The van der Waals surface area contributed by atoms with Crippen LogP contribution in [0.1, 0.15) is 49.8 Å². The molecular formula is C16H26N4O3S. The van der Waals surface area contributed by atoms with Gasteiger partial charge < -0.3 is 10.2 Å². The summed E-state index contributed by atoms with van der Waals surface area (Å²) in [5, 5.41) is 3.18. The normalized spacial score (nSPS) is 20.6. The number of anilines is 1. The monoisotopic (exact) mass is 354 g/mol. The average molecular weight is 354 g/mol. The molecule has 1 aromatic rings. The molecule has 1 aliphatic rings. The number of hydrogen-bond donors (Lipinski definition) is 1. The number of hydrogen-bond acceptors (Lipinski definition) is 6. The largest absolute Gasteiger partial charge is 0.352 e. The summed E-state index contributed by atoms with van der Waals surface area (Å²) in [6.45, 7) is 8.20. The lowest BCUT2D eigenvalue weighted by molar-refractivity contribution is 0.0702. The van der Waals surface area contributed by atoms with E-state index in [0.717, 1.165) is 6.42 Å². The predicted octanol–water partition coefficient (Wildman–Crippen LogP) is 1.64. The molecule has 2 atom stereocenters. The van der Waals surface area contributed by atoms with Gasteiger partial charge >= 0.3 is 0 Å². The van der Waals surface area contributed by atoms with Gasteiger partial charge in [0, 0.05) is 24.3 Å². The second-order valence-corrected chi connectivity index (χ2v) is 8.55. The predicted molar refractivity (Wildman–Crippen MR) is 93.9 cm³/mol. The fourth-order valence-corrected chi connectivity index (χ4v) is 4.53. The lowest BCUT2D eigenvalue weighted by Crippen LogP contribution is -2.41. The number of rotatable bonds is 6. The van der Waals surface area contributed by atoms with Crippen LogP contribution in [0.5, 0.6) is 0 Å². The third kappa shape index (κ3) is 4.43. The van der Waals surface area contributed by atoms with Crippen molar-refractivity contribution in [2.45, 2.75) is 52.6 Å². The van der Waals surface area contributed by atoms with Crippen LogP contribution in [-0.2, 0) is 9.84 Å².